The molecule has 1 aliphatic heterocycles. The predicted octanol–water partition coefficient (Wildman–Crippen LogP) is 3.85. The number of carbonyl (C=O) groups is 2. The fraction of sp³-hybridized carbons (Fsp3) is 0.375. The number of amides is 2. The van der Waals surface area contributed by atoms with Gasteiger partial charge in [0.05, 0.1) is 30.7 Å². The largest absolute Gasteiger partial charge is 0.497 e. The number of nitrogens with one attached hydrogen (secondary N) is 1. The number of methoxy groups -OCH3 is 1. The zero-order valence-corrected chi connectivity index (χ0v) is 25.4. The summed E-state index contributed by atoms with van der Waals surface area (Å²) >= 11 is 0. The van der Waals surface area contributed by atoms with Crippen molar-refractivity contribution in [3.05, 3.63) is 90.5 Å². The number of aliphatic hydroxyl groups is 1. The summed E-state index contributed by atoms with van der Waals surface area (Å²) in [5.74, 6) is -0.0287. The first-order valence-corrected chi connectivity index (χ1v) is 15.8. The summed E-state index contributed by atoms with van der Waals surface area (Å²) < 4.78 is 39.3. The minimum absolute atomic E-state index is 0.00875. The van der Waals surface area contributed by atoms with Crippen LogP contribution in [0.15, 0.2) is 89.8 Å². The van der Waals surface area contributed by atoms with Gasteiger partial charge >= 0.3 is 6.09 Å². The molecule has 3 aromatic carbocycles. The molecule has 11 heteroatoms. The van der Waals surface area contributed by atoms with E-state index in [-0.39, 0.29) is 36.9 Å². The van der Waals surface area contributed by atoms with Gasteiger partial charge in [0.2, 0.25) is 10.0 Å². The molecule has 1 saturated heterocycles. The Labute approximate surface area is 253 Å². The highest BCUT2D eigenvalue weighted by molar-refractivity contribution is 7.89. The molecule has 0 bridgehead atoms. The predicted molar refractivity (Wildman–Crippen MR) is 163 cm³/mol. The monoisotopic (exact) mass is 609 g/mol. The van der Waals surface area contributed by atoms with Gasteiger partial charge in [-0.25, -0.2) is 13.2 Å². The second-order valence-electron chi connectivity index (χ2n) is 10.7. The molecule has 1 aliphatic rings. The topological polar surface area (TPSA) is 125 Å². The maximum atomic E-state index is 13.8. The second kappa shape index (κ2) is 14.5. The molecular formula is C32H39N3O7S. The fourth-order valence-corrected chi connectivity index (χ4v) is 6.40. The summed E-state index contributed by atoms with van der Waals surface area (Å²) in [6, 6.07) is 23.4. The van der Waals surface area contributed by atoms with Gasteiger partial charge in [-0.3, -0.25) is 9.69 Å². The second-order valence-corrected chi connectivity index (χ2v) is 12.6. The zero-order chi connectivity index (χ0) is 31.0. The molecule has 0 aromatic heterocycles. The minimum atomic E-state index is -3.99. The van der Waals surface area contributed by atoms with Gasteiger partial charge in [0.15, 0.2) is 6.10 Å². The van der Waals surface area contributed by atoms with Gasteiger partial charge < -0.3 is 19.9 Å². The molecule has 3 aromatic rings. The minimum Gasteiger partial charge on any atom is -0.497 e. The van der Waals surface area contributed by atoms with Crippen molar-refractivity contribution in [2.75, 3.05) is 31.6 Å². The van der Waals surface area contributed by atoms with Crippen LogP contribution in [0.25, 0.3) is 0 Å². The van der Waals surface area contributed by atoms with Crippen molar-refractivity contribution < 1.29 is 32.6 Å². The Morgan fingerprint density at radius 3 is 2.28 bits per heavy atom. The van der Waals surface area contributed by atoms with Crippen molar-refractivity contribution in [2.45, 2.75) is 49.8 Å². The molecule has 4 rings (SSSR count). The van der Waals surface area contributed by atoms with Crippen LogP contribution in [0.2, 0.25) is 0 Å². The van der Waals surface area contributed by atoms with E-state index in [4.69, 9.17) is 9.47 Å². The average Bonchev–Trinajstić information content (AvgIpc) is 3.42. The van der Waals surface area contributed by atoms with Gasteiger partial charge in [0.25, 0.3) is 5.91 Å². The molecule has 0 saturated carbocycles. The standard InChI is InChI=1S/C32H39N3O7S/c1-4-23(2)20-34(43(39,40)27-17-15-26(41-3)16-18-27)21-29(36)28(19-24-11-7-5-8-12-24)33-31(37)30-22-35(32(38)42-30)25-13-9-6-10-14-25/h5-18,23,28-30,36H,4,19-22H2,1-3H3,(H,33,37)/t23-,28-,29+,30-/m0/s1. The fourth-order valence-electron chi connectivity index (χ4n) is 4.83. The van der Waals surface area contributed by atoms with Crippen molar-refractivity contribution in [3.8, 4) is 5.75 Å². The average molecular weight is 610 g/mol. The van der Waals surface area contributed by atoms with Crippen LogP contribution in [0.3, 0.4) is 0 Å². The lowest BCUT2D eigenvalue weighted by Crippen LogP contribution is -2.53. The van der Waals surface area contributed by atoms with E-state index in [1.165, 1.54) is 28.4 Å². The summed E-state index contributed by atoms with van der Waals surface area (Å²) in [5, 5.41) is 14.4. The van der Waals surface area contributed by atoms with E-state index >= 15 is 0 Å². The van der Waals surface area contributed by atoms with Crippen LogP contribution in [0.1, 0.15) is 25.8 Å². The number of para-hydroxylation sites is 1. The molecule has 1 heterocycles. The number of hydrogen-bond acceptors (Lipinski definition) is 7. The van der Waals surface area contributed by atoms with Gasteiger partial charge in [-0.15, -0.1) is 0 Å². The highest BCUT2D eigenvalue weighted by Crippen LogP contribution is 2.24. The van der Waals surface area contributed by atoms with Gasteiger partial charge in [-0.1, -0.05) is 68.8 Å². The Morgan fingerprint density at radius 2 is 1.67 bits per heavy atom. The van der Waals surface area contributed by atoms with Crippen LogP contribution in [0.5, 0.6) is 5.75 Å². The third-order valence-corrected chi connectivity index (χ3v) is 9.41. The van der Waals surface area contributed by atoms with Crippen molar-refractivity contribution in [1.29, 1.82) is 0 Å². The smallest absolute Gasteiger partial charge is 0.415 e. The number of carbonyl (C=O) groups excluding carboxylic acids is 2. The molecule has 0 spiro atoms. The van der Waals surface area contributed by atoms with Crippen LogP contribution in [-0.2, 0) is 26.0 Å². The van der Waals surface area contributed by atoms with Crippen molar-refractivity contribution in [3.63, 3.8) is 0 Å². The number of hydrogen-bond donors (Lipinski definition) is 2. The van der Waals surface area contributed by atoms with Crippen molar-refractivity contribution >= 4 is 27.7 Å². The Balaban J connectivity index is 1.56. The van der Waals surface area contributed by atoms with Crippen molar-refractivity contribution in [1.82, 2.24) is 9.62 Å². The first-order chi connectivity index (χ1) is 20.6. The zero-order valence-electron chi connectivity index (χ0n) is 24.6. The number of anilines is 1. The summed E-state index contributed by atoms with van der Waals surface area (Å²) in [4.78, 5) is 27.4. The van der Waals surface area contributed by atoms with Gasteiger partial charge in [-0.05, 0) is 54.3 Å². The van der Waals surface area contributed by atoms with Crippen LogP contribution in [0.4, 0.5) is 10.5 Å². The van der Waals surface area contributed by atoms with E-state index in [2.05, 4.69) is 5.32 Å². The quantitative estimate of drug-likeness (QED) is 0.285. The van der Waals surface area contributed by atoms with Crippen LogP contribution < -0.4 is 15.0 Å². The summed E-state index contributed by atoms with van der Waals surface area (Å²) in [6.45, 7) is 3.85. The third-order valence-electron chi connectivity index (χ3n) is 7.56. The lowest BCUT2D eigenvalue weighted by molar-refractivity contribution is -0.129. The number of sulfonamides is 1. The van der Waals surface area contributed by atoms with E-state index in [0.29, 0.717) is 11.4 Å². The number of rotatable bonds is 14. The summed E-state index contributed by atoms with van der Waals surface area (Å²) in [7, 11) is -2.49. The van der Waals surface area contributed by atoms with Gasteiger partial charge in [0, 0.05) is 18.8 Å². The number of ether oxygens (including phenoxy) is 2. The highest BCUT2D eigenvalue weighted by Gasteiger charge is 2.39. The molecule has 230 valence electrons. The summed E-state index contributed by atoms with van der Waals surface area (Å²) in [5.41, 5.74) is 1.45. The maximum Gasteiger partial charge on any atom is 0.415 e. The maximum absolute atomic E-state index is 13.8. The van der Waals surface area contributed by atoms with E-state index in [9.17, 15) is 23.1 Å². The Hall–Kier alpha value is -3.93. The summed E-state index contributed by atoms with van der Waals surface area (Å²) in [6.07, 6.45) is -2.05. The number of aliphatic hydroxyl groups excluding tert-OH is 1. The van der Waals surface area contributed by atoms with Crippen LogP contribution in [0, 0.1) is 5.92 Å². The van der Waals surface area contributed by atoms with Crippen LogP contribution >= 0.6 is 0 Å². The molecule has 2 amide bonds. The van der Waals surface area contributed by atoms with Gasteiger partial charge in [-0.2, -0.15) is 4.31 Å². The first-order valence-electron chi connectivity index (χ1n) is 14.3. The highest BCUT2D eigenvalue weighted by atomic mass is 32.2. The molecule has 10 nitrogen and oxygen atoms in total. The first kappa shape index (κ1) is 32.0. The molecule has 0 radical (unpaired) electrons. The number of benzene rings is 3. The van der Waals surface area contributed by atoms with E-state index in [0.717, 1.165) is 12.0 Å². The molecule has 4 atom stereocenters. The molecular weight excluding hydrogens is 570 g/mol. The molecule has 0 aliphatic carbocycles. The Bertz CT molecular complexity index is 1450. The normalized spacial score (nSPS) is 17.3. The number of nitrogens with zero attached hydrogens (tertiary/aromatic N) is 2. The van der Waals surface area contributed by atoms with Crippen LogP contribution in [-0.4, -0.2) is 74.8 Å². The van der Waals surface area contributed by atoms with E-state index < -0.39 is 40.3 Å². The molecule has 0 unspecified atom stereocenters. The number of cyclic esters (lactones) is 1. The SMILES string of the molecule is CC[C@H](C)CN(C[C@@H](O)[C@H](Cc1ccccc1)NC(=O)[C@@H]1CN(c2ccccc2)C(=O)O1)S(=O)(=O)c1ccc(OC)cc1. The van der Waals surface area contributed by atoms with E-state index in [1.807, 2.05) is 50.2 Å². The van der Waals surface area contributed by atoms with Gasteiger partial charge in [0.1, 0.15) is 5.75 Å². The molecule has 43 heavy (non-hydrogen) atoms. The lowest BCUT2D eigenvalue weighted by Gasteiger charge is -2.31. The molecule has 1 fully saturated rings. The Morgan fingerprint density at radius 1 is 1.05 bits per heavy atom. The molecule has 2 N–H and O–H groups in total. The third kappa shape index (κ3) is 8.13. The van der Waals surface area contributed by atoms with E-state index in [1.54, 1.807) is 36.4 Å². The van der Waals surface area contributed by atoms with Crippen molar-refractivity contribution in [2.24, 2.45) is 5.92 Å². The Kier molecular flexibility index (Phi) is 10.8. The lowest BCUT2D eigenvalue weighted by atomic mass is 10.0.